The number of hydrogen-bond acceptors (Lipinski definition) is 7. The lowest BCUT2D eigenvalue weighted by atomic mass is 10.2. The third-order valence-electron chi connectivity index (χ3n) is 4.69. The van der Waals surface area contributed by atoms with Crippen molar-refractivity contribution in [2.75, 3.05) is 6.61 Å². The Bertz CT molecular complexity index is 1180. The van der Waals surface area contributed by atoms with Gasteiger partial charge in [0.2, 0.25) is 0 Å². The van der Waals surface area contributed by atoms with Crippen LogP contribution in [0.5, 0.6) is 17.2 Å². The van der Waals surface area contributed by atoms with Crippen LogP contribution < -0.4 is 19.6 Å². The zero-order valence-electron chi connectivity index (χ0n) is 19.1. The number of amides is 1. The molecule has 3 aromatic carbocycles. The molecule has 182 valence electrons. The first-order chi connectivity index (χ1) is 16.9. The summed E-state index contributed by atoms with van der Waals surface area (Å²) in [5.41, 5.74) is 4.01. The molecule has 1 atom stereocenters. The number of nitrogens with zero attached hydrogens (tertiary/aromatic N) is 2. The van der Waals surface area contributed by atoms with Gasteiger partial charge < -0.3 is 14.2 Å². The minimum absolute atomic E-state index is 0.0631. The Morgan fingerprint density at radius 3 is 2.46 bits per heavy atom. The average Bonchev–Trinajstić information content (AvgIpc) is 2.85. The van der Waals surface area contributed by atoms with Gasteiger partial charge in [-0.2, -0.15) is 5.10 Å². The van der Waals surface area contributed by atoms with Crippen LogP contribution >= 0.6 is 11.6 Å². The van der Waals surface area contributed by atoms with Crippen LogP contribution in [0.2, 0.25) is 5.02 Å². The second kappa shape index (κ2) is 12.4. The number of ether oxygens (including phenoxy) is 3. The van der Waals surface area contributed by atoms with Gasteiger partial charge >= 0.3 is 0 Å². The summed E-state index contributed by atoms with van der Waals surface area (Å²) in [7, 11) is 0. The minimum atomic E-state index is -0.865. The van der Waals surface area contributed by atoms with Gasteiger partial charge in [-0.15, -0.1) is 0 Å². The van der Waals surface area contributed by atoms with Crippen LogP contribution in [0.15, 0.2) is 71.8 Å². The molecule has 0 radical (unpaired) electrons. The number of rotatable bonds is 11. The third kappa shape index (κ3) is 7.72. The lowest BCUT2D eigenvalue weighted by molar-refractivity contribution is -0.384. The number of carbonyl (C=O) groups excluding carboxylic acids is 1. The molecule has 1 N–H and O–H groups in total. The SMILES string of the molecule is CCOc1cc(/C=N/NC(=O)C(C)Oc2ccc([N+](=O)[O-])cc2)ccc1OCc1ccc(Cl)cc1. The average molecular weight is 498 g/mol. The molecule has 0 aliphatic carbocycles. The summed E-state index contributed by atoms with van der Waals surface area (Å²) in [6, 6.07) is 18.1. The lowest BCUT2D eigenvalue weighted by Crippen LogP contribution is -2.33. The van der Waals surface area contributed by atoms with Crippen molar-refractivity contribution in [1.29, 1.82) is 0 Å². The molecular formula is C25H24ClN3O6. The first-order valence-electron chi connectivity index (χ1n) is 10.7. The van der Waals surface area contributed by atoms with Crippen molar-refractivity contribution in [3.63, 3.8) is 0 Å². The first kappa shape index (κ1) is 25.5. The standard InChI is InChI=1S/C25H24ClN3O6/c1-3-33-24-14-19(6-13-23(24)34-16-18-4-7-20(26)8-5-18)15-27-28-25(30)17(2)35-22-11-9-21(10-12-22)29(31)32/h4-15,17H,3,16H2,1-2H3,(H,28,30)/b27-15+. The summed E-state index contributed by atoms with van der Waals surface area (Å²) >= 11 is 5.92. The number of hydrazone groups is 1. The zero-order chi connectivity index (χ0) is 25.2. The van der Waals surface area contributed by atoms with Crippen LogP contribution in [0.3, 0.4) is 0 Å². The highest BCUT2D eigenvalue weighted by atomic mass is 35.5. The van der Waals surface area contributed by atoms with Gasteiger partial charge in [0, 0.05) is 17.2 Å². The smallest absolute Gasteiger partial charge is 0.280 e. The maximum atomic E-state index is 12.3. The van der Waals surface area contributed by atoms with Crippen molar-refractivity contribution in [1.82, 2.24) is 5.43 Å². The Kier molecular flexibility index (Phi) is 9.02. The second-order valence-electron chi connectivity index (χ2n) is 7.30. The molecule has 0 saturated carbocycles. The monoisotopic (exact) mass is 497 g/mol. The largest absolute Gasteiger partial charge is 0.490 e. The molecule has 0 heterocycles. The second-order valence-corrected chi connectivity index (χ2v) is 7.74. The van der Waals surface area contributed by atoms with Gasteiger partial charge in [0.15, 0.2) is 17.6 Å². The molecule has 0 fully saturated rings. The van der Waals surface area contributed by atoms with Crippen molar-refractivity contribution in [2.45, 2.75) is 26.6 Å². The molecule has 0 aromatic heterocycles. The summed E-state index contributed by atoms with van der Waals surface area (Å²) in [6.45, 7) is 4.22. The quantitative estimate of drug-likeness (QED) is 0.223. The van der Waals surface area contributed by atoms with Crippen molar-refractivity contribution in [2.24, 2.45) is 5.10 Å². The van der Waals surface area contributed by atoms with E-state index in [4.69, 9.17) is 25.8 Å². The fraction of sp³-hybridized carbons (Fsp3) is 0.200. The highest BCUT2D eigenvalue weighted by molar-refractivity contribution is 6.30. The molecule has 0 aliphatic heterocycles. The number of carbonyl (C=O) groups is 1. The van der Waals surface area contributed by atoms with E-state index >= 15 is 0 Å². The molecule has 9 nitrogen and oxygen atoms in total. The van der Waals surface area contributed by atoms with Gasteiger partial charge in [-0.05, 0) is 67.4 Å². The number of hydrogen-bond donors (Lipinski definition) is 1. The van der Waals surface area contributed by atoms with E-state index < -0.39 is 16.9 Å². The van der Waals surface area contributed by atoms with Gasteiger partial charge in [-0.1, -0.05) is 23.7 Å². The third-order valence-corrected chi connectivity index (χ3v) is 4.95. The highest BCUT2D eigenvalue weighted by Gasteiger charge is 2.15. The van der Waals surface area contributed by atoms with E-state index in [1.54, 1.807) is 37.3 Å². The predicted molar refractivity (Wildman–Crippen MR) is 132 cm³/mol. The van der Waals surface area contributed by atoms with E-state index in [1.807, 2.05) is 19.1 Å². The number of nitro groups is 1. The molecule has 35 heavy (non-hydrogen) atoms. The summed E-state index contributed by atoms with van der Waals surface area (Å²) in [4.78, 5) is 22.5. The summed E-state index contributed by atoms with van der Waals surface area (Å²) in [6.07, 6.45) is 0.610. The Balaban J connectivity index is 1.56. The van der Waals surface area contributed by atoms with Crippen LogP contribution in [0, 0.1) is 10.1 Å². The van der Waals surface area contributed by atoms with Crippen molar-refractivity contribution in [3.05, 3.63) is 93.0 Å². The lowest BCUT2D eigenvalue weighted by Gasteiger charge is -2.13. The van der Waals surface area contributed by atoms with Crippen molar-refractivity contribution >= 4 is 29.4 Å². The topological polar surface area (TPSA) is 112 Å². The molecule has 0 spiro atoms. The number of nitro benzene ring substituents is 1. The van der Waals surface area contributed by atoms with Gasteiger partial charge in [-0.25, -0.2) is 5.43 Å². The van der Waals surface area contributed by atoms with E-state index in [-0.39, 0.29) is 5.69 Å². The number of nitrogens with one attached hydrogen (secondary N) is 1. The Labute approximate surface area is 207 Å². The minimum Gasteiger partial charge on any atom is -0.490 e. The molecule has 1 unspecified atom stereocenters. The number of non-ortho nitro benzene ring substituents is 1. The van der Waals surface area contributed by atoms with E-state index in [9.17, 15) is 14.9 Å². The molecule has 1 amide bonds. The zero-order valence-corrected chi connectivity index (χ0v) is 19.9. The van der Waals surface area contributed by atoms with Gasteiger partial charge in [0.05, 0.1) is 17.7 Å². The summed E-state index contributed by atoms with van der Waals surface area (Å²) < 4.78 is 17.1. The van der Waals surface area contributed by atoms with Crippen molar-refractivity contribution in [3.8, 4) is 17.2 Å². The van der Waals surface area contributed by atoms with E-state index in [2.05, 4.69) is 10.5 Å². The molecular weight excluding hydrogens is 474 g/mol. The molecule has 0 bridgehead atoms. The molecule has 10 heteroatoms. The van der Waals surface area contributed by atoms with Gasteiger partial charge in [0.1, 0.15) is 12.4 Å². The van der Waals surface area contributed by atoms with Gasteiger partial charge in [0.25, 0.3) is 11.6 Å². The van der Waals surface area contributed by atoms with Crippen LogP contribution in [0.1, 0.15) is 25.0 Å². The van der Waals surface area contributed by atoms with E-state index in [0.717, 1.165) is 5.56 Å². The van der Waals surface area contributed by atoms with Crippen LogP contribution in [0.25, 0.3) is 0 Å². The predicted octanol–water partition coefficient (Wildman–Crippen LogP) is 5.14. The first-order valence-corrected chi connectivity index (χ1v) is 11.1. The van der Waals surface area contributed by atoms with E-state index in [0.29, 0.717) is 41.0 Å². The normalized spacial score (nSPS) is 11.6. The maximum absolute atomic E-state index is 12.3. The number of benzene rings is 3. The van der Waals surface area contributed by atoms with Crippen LogP contribution in [-0.4, -0.2) is 29.8 Å². The van der Waals surface area contributed by atoms with Crippen LogP contribution in [-0.2, 0) is 11.4 Å². The Morgan fingerprint density at radius 1 is 1.09 bits per heavy atom. The molecule has 3 aromatic rings. The molecule has 0 aliphatic rings. The van der Waals surface area contributed by atoms with Crippen molar-refractivity contribution < 1.29 is 23.9 Å². The molecule has 3 rings (SSSR count). The van der Waals surface area contributed by atoms with E-state index in [1.165, 1.54) is 30.5 Å². The fourth-order valence-corrected chi connectivity index (χ4v) is 3.03. The Hall–Kier alpha value is -4.11. The number of halogens is 1. The molecule has 0 saturated heterocycles. The maximum Gasteiger partial charge on any atom is 0.280 e. The summed E-state index contributed by atoms with van der Waals surface area (Å²) in [5.74, 6) is 0.977. The summed E-state index contributed by atoms with van der Waals surface area (Å²) in [5, 5.41) is 15.4. The Morgan fingerprint density at radius 2 is 1.80 bits per heavy atom. The fourth-order valence-electron chi connectivity index (χ4n) is 2.90. The van der Waals surface area contributed by atoms with Gasteiger partial charge in [-0.3, -0.25) is 14.9 Å². The van der Waals surface area contributed by atoms with Crippen LogP contribution in [0.4, 0.5) is 5.69 Å². The highest BCUT2D eigenvalue weighted by Crippen LogP contribution is 2.29.